The van der Waals surface area contributed by atoms with Gasteiger partial charge in [-0.2, -0.15) is 0 Å². The number of nitrogens with zero attached hydrogens (tertiary/aromatic N) is 2. The lowest BCUT2D eigenvalue weighted by molar-refractivity contribution is -0.145. The quantitative estimate of drug-likeness (QED) is 0.576. The highest BCUT2D eigenvalue weighted by Gasteiger charge is 2.59. The molecule has 2 heterocycles. The van der Waals surface area contributed by atoms with Crippen LogP contribution >= 0.6 is 0 Å². The van der Waals surface area contributed by atoms with Crippen LogP contribution in [0.5, 0.6) is 0 Å². The minimum atomic E-state index is -0.518. The molecular formula is C27H38N2O3. The summed E-state index contributed by atoms with van der Waals surface area (Å²) >= 11 is 0. The minimum absolute atomic E-state index is 0.0951. The van der Waals surface area contributed by atoms with Gasteiger partial charge in [0.05, 0.1) is 12.0 Å². The number of piperazine rings is 1. The number of ether oxygens (including phenoxy) is 1. The van der Waals surface area contributed by atoms with E-state index in [1.807, 2.05) is 0 Å². The molecule has 5 rings (SSSR count). The molecule has 5 nitrogen and oxygen atoms in total. The molecule has 1 aromatic carbocycles. The molecule has 0 unspecified atom stereocenters. The second kappa shape index (κ2) is 8.18. The molecule has 2 saturated heterocycles. The lowest BCUT2D eigenvalue weighted by Crippen LogP contribution is -2.55. The predicted octanol–water partition coefficient (Wildman–Crippen LogP) is 3.71. The predicted molar refractivity (Wildman–Crippen MR) is 127 cm³/mol. The number of esters is 1. The van der Waals surface area contributed by atoms with Crippen LogP contribution in [-0.2, 0) is 9.53 Å². The number of aliphatic hydroxyl groups excluding tert-OH is 1. The van der Waals surface area contributed by atoms with E-state index in [1.54, 1.807) is 0 Å². The van der Waals surface area contributed by atoms with Gasteiger partial charge in [-0.1, -0.05) is 37.6 Å². The molecule has 174 valence electrons. The maximum atomic E-state index is 12.9. The van der Waals surface area contributed by atoms with Crippen LogP contribution in [0.25, 0.3) is 0 Å². The minimum Gasteiger partial charge on any atom is -0.461 e. The molecule has 0 bridgehead atoms. The summed E-state index contributed by atoms with van der Waals surface area (Å²) in [6, 6.07) is 6.52. The molecule has 0 amide bonds. The van der Waals surface area contributed by atoms with Crippen molar-refractivity contribution in [3.8, 4) is 0 Å². The van der Waals surface area contributed by atoms with Crippen LogP contribution in [-0.4, -0.2) is 60.9 Å². The van der Waals surface area contributed by atoms with E-state index in [0.717, 1.165) is 45.4 Å². The fraction of sp³-hybridized carbons (Fsp3) is 0.667. The summed E-state index contributed by atoms with van der Waals surface area (Å²) in [5.41, 5.74) is 5.08. The third kappa shape index (κ3) is 3.40. The van der Waals surface area contributed by atoms with Crippen LogP contribution in [0.15, 0.2) is 29.8 Å². The number of rotatable bonds is 3. The third-order valence-electron chi connectivity index (χ3n) is 9.31. The summed E-state index contributed by atoms with van der Waals surface area (Å²) in [6.45, 7) is 13.3. The fourth-order valence-corrected chi connectivity index (χ4v) is 6.80. The Morgan fingerprint density at radius 3 is 2.69 bits per heavy atom. The van der Waals surface area contributed by atoms with Gasteiger partial charge in [0.15, 0.2) is 0 Å². The van der Waals surface area contributed by atoms with E-state index >= 15 is 0 Å². The number of aryl methyl sites for hydroxylation is 1. The van der Waals surface area contributed by atoms with Crippen molar-refractivity contribution in [2.45, 2.75) is 59.2 Å². The second-order valence-corrected chi connectivity index (χ2v) is 10.8. The van der Waals surface area contributed by atoms with E-state index in [2.05, 4.69) is 61.8 Å². The number of allylic oxidation sites excluding steroid dienone is 1. The van der Waals surface area contributed by atoms with Gasteiger partial charge in [-0.3, -0.25) is 9.69 Å². The van der Waals surface area contributed by atoms with Gasteiger partial charge in [0, 0.05) is 56.2 Å². The topological polar surface area (TPSA) is 53.0 Å². The summed E-state index contributed by atoms with van der Waals surface area (Å²) in [6.07, 6.45) is 4.59. The first-order valence-electron chi connectivity index (χ1n) is 12.4. The third-order valence-corrected chi connectivity index (χ3v) is 9.31. The molecule has 5 heteroatoms. The van der Waals surface area contributed by atoms with Crippen LogP contribution in [0.3, 0.4) is 0 Å². The van der Waals surface area contributed by atoms with Crippen molar-refractivity contribution in [3.63, 3.8) is 0 Å². The molecule has 6 atom stereocenters. The van der Waals surface area contributed by atoms with Crippen molar-refractivity contribution in [1.29, 1.82) is 0 Å². The molecule has 2 aliphatic heterocycles. The number of anilines is 1. The van der Waals surface area contributed by atoms with Gasteiger partial charge in [0.25, 0.3) is 0 Å². The molecule has 1 aromatic rings. The van der Waals surface area contributed by atoms with Crippen molar-refractivity contribution in [2.24, 2.45) is 23.2 Å². The summed E-state index contributed by atoms with van der Waals surface area (Å²) in [7, 11) is 0. The van der Waals surface area contributed by atoms with Gasteiger partial charge >= 0.3 is 5.97 Å². The molecule has 0 spiro atoms. The van der Waals surface area contributed by atoms with Gasteiger partial charge in [-0.25, -0.2) is 0 Å². The Morgan fingerprint density at radius 2 is 1.94 bits per heavy atom. The van der Waals surface area contributed by atoms with Crippen LogP contribution in [0.1, 0.15) is 44.2 Å². The molecule has 32 heavy (non-hydrogen) atoms. The van der Waals surface area contributed by atoms with Crippen LogP contribution < -0.4 is 4.90 Å². The summed E-state index contributed by atoms with van der Waals surface area (Å²) in [5.74, 6) is -0.000529. The average molecular weight is 439 g/mol. The first-order valence-corrected chi connectivity index (χ1v) is 12.4. The molecule has 1 saturated carbocycles. The Morgan fingerprint density at radius 1 is 1.19 bits per heavy atom. The van der Waals surface area contributed by atoms with Gasteiger partial charge < -0.3 is 14.7 Å². The number of carbonyl (C=O) groups excluding carboxylic acids is 1. The monoisotopic (exact) mass is 438 g/mol. The summed E-state index contributed by atoms with van der Waals surface area (Å²) in [5, 5.41) is 11.6. The van der Waals surface area contributed by atoms with Crippen molar-refractivity contribution in [2.75, 3.05) is 37.6 Å². The SMILES string of the molecule is Cc1cccc(N2CCN(C[C@H]3C(=O)O[C@@H]4CC5=CCC[C@@H](C)[C@@]5(C)[C@H](O)[C@@H]43)CC2)c1C. The lowest BCUT2D eigenvalue weighted by atomic mass is 9.55. The highest BCUT2D eigenvalue weighted by atomic mass is 16.6. The summed E-state index contributed by atoms with van der Waals surface area (Å²) < 4.78 is 5.86. The number of hydrogen-bond acceptors (Lipinski definition) is 5. The van der Waals surface area contributed by atoms with Gasteiger partial charge in [0.2, 0.25) is 0 Å². The Balaban J connectivity index is 1.28. The fourth-order valence-electron chi connectivity index (χ4n) is 6.80. The molecular weight excluding hydrogens is 400 g/mol. The normalized spacial score (nSPS) is 37.5. The van der Waals surface area contributed by atoms with E-state index in [0.29, 0.717) is 12.5 Å². The Hall–Kier alpha value is -1.85. The van der Waals surface area contributed by atoms with Crippen molar-refractivity contribution in [3.05, 3.63) is 41.0 Å². The van der Waals surface area contributed by atoms with E-state index < -0.39 is 6.10 Å². The standard InChI is InChI=1S/C27H38N2O3/c1-17-7-5-10-22(19(17)3)29-13-11-28(12-14-29)16-21-24-23(32-26(21)31)15-20-9-6-8-18(2)27(20,4)25(24)30/h5,7,9-10,18,21,23-25,30H,6,8,11-16H2,1-4H3/t18-,21-,23-,24-,25-,27-/m1/s1. The largest absolute Gasteiger partial charge is 0.461 e. The van der Waals surface area contributed by atoms with Crippen LogP contribution in [0.4, 0.5) is 5.69 Å². The first-order chi connectivity index (χ1) is 15.3. The molecule has 3 fully saturated rings. The number of carbonyl (C=O) groups is 1. The van der Waals surface area contributed by atoms with Crippen LogP contribution in [0, 0.1) is 37.0 Å². The Kier molecular flexibility index (Phi) is 5.61. The van der Waals surface area contributed by atoms with Crippen molar-refractivity contribution >= 4 is 11.7 Å². The zero-order valence-corrected chi connectivity index (χ0v) is 20.0. The molecule has 1 N–H and O–H groups in total. The smallest absolute Gasteiger partial charge is 0.311 e. The van der Waals surface area contributed by atoms with Crippen molar-refractivity contribution < 1.29 is 14.6 Å². The Labute approximate surface area is 192 Å². The molecule has 0 radical (unpaired) electrons. The van der Waals surface area contributed by atoms with E-state index in [-0.39, 0.29) is 29.3 Å². The molecule has 4 aliphatic rings. The highest BCUT2D eigenvalue weighted by molar-refractivity contribution is 5.76. The van der Waals surface area contributed by atoms with Gasteiger partial charge in [-0.15, -0.1) is 0 Å². The lowest BCUT2D eigenvalue weighted by Gasteiger charge is -2.52. The second-order valence-electron chi connectivity index (χ2n) is 10.8. The molecule has 2 aliphatic carbocycles. The molecule has 0 aromatic heterocycles. The van der Waals surface area contributed by atoms with E-state index in [1.165, 1.54) is 22.4 Å². The number of benzene rings is 1. The first kappa shape index (κ1) is 22.0. The average Bonchev–Trinajstić information content (AvgIpc) is 3.08. The number of aliphatic hydroxyl groups is 1. The zero-order chi connectivity index (χ0) is 22.6. The maximum absolute atomic E-state index is 12.9. The highest BCUT2D eigenvalue weighted by Crippen LogP contribution is 2.56. The number of hydrogen-bond donors (Lipinski definition) is 1. The maximum Gasteiger partial charge on any atom is 0.311 e. The van der Waals surface area contributed by atoms with Crippen molar-refractivity contribution in [1.82, 2.24) is 4.90 Å². The van der Waals surface area contributed by atoms with E-state index in [4.69, 9.17) is 4.74 Å². The zero-order valence-electron chi connectivity index (χ0n) is 20.0. The van der Waals surface area contributed by atoms with Gasteiger partial charge in [0.1, 0.15) is 6.10 Å². The summed E-state index contributed by atoms with van der Waals surface area (Å²) in [4.78, 5) is 17.8. The number of fused-ring (bicyclic) bond motifs is 2. The van der Waals surface area contributed by atoms with E-state index in [9.17, 15) is 9.90 Å². The Bertz CT molecular complexity index is 919. The van der Waals surface area contributed by atoms with Crippen LogP contribution in [0.2, 0.25) is 0 Å². The van der Waals surface area contributed by atoms with Gasteiger partial charge in [-0.05, 0) is 49.8 Å².